The van der Waals surface area contributed by atoms with E-state index in [1.807, 2.05) is 0 Å². The van der Waals surface area contributed by atoms with Gasteiger partial charge >= 0.3 is 11.9 Å². The van der Waals surface area contributed by atoms with Crippen LogP contribution in [0.2, 0.25) is 0 Å². The lowest BCUT2D eigenvalue weighted by Gasteiger charge is -2.22. The monoisotopic (exact) mass is 562 g/mol. The van der Waals surface area contributed by atoms with Gasteiger partial charge in [-0.3, -0.25) is 0 Å². The number of carbonyl (C=O) groups excluding carboxylic acids is 2. The third-order valence-corrected chi connectivity index (χ3v) is 6.37. The molecular formula is C29H26N2O10. The van der Waals surface area contributed by atoms with Crippen molar-refractivity contribution < 1.29 is 50.1 Å². The van der Waals surface area contributed by atoms with Gasteiger partial charge in [0.1, 0.15) is 11.5 Å². The maximum absolute atomic E-state index is 12.9. The number of benzene rings is 4. The summed E-state index contributed by atoms with van der Waals surface area (Å²) in [6.45, 7) is 2.72. The summed E-state index contributed by atoms with van der Waals surface area (Å²) in [5.41, 5.74) is -0.582. The van der Waals surface area contributed by atoms with Crippen LogP contribution in [0.3, 0.4) is 0 Å². The summed E-state index contributed by atoms with van der Waals surface area (Å²) in [6.07, 6.45) is -0.308. The van der Waals surface area contributed by atoms with Crippen LogP contribution in [-0.2, 0) is 6.42 Å². The molecule has 0 saturated carbocycles. The van der Waals surface area contributed by atoms with E-state index in [1.54, 1.807) is 36.4 Å². The normalized spacial score (nSPS) is 12.4. The Hall–Kier alpha value is -4.82. The first-order valence-corrected chi connectivity index (χ1v) is 12.2. The number of rotatable bonds is 8. The molecule has 4 rings (SSSR count). The Morgan fingerprint density at radius 1 is 0.683 bits per heavy atom. The second kappa shape index (κ2) is 12.1. The largest absolute Gasteiger partial charge is 0.595 e. The van der Waals surface area contributed by atoms with Gasteiger partial charge in [0.2, 0.25) is 11.4 Å². The molecule has 0 amide bonds. The zero-order valence-electron chi connectivity index (χ0n) is 21.9. The zero-order valence-corrected chi connectivity index (χ0v) is 21.9. The van der Waals surface area contributed by atoms with Crippen LogP contribution >= 0.6 is 0 Å². The lowest BCUT2D eigenvalue weighted by atomic mass is 9.96. The Balaban J connectivity index is 1.87. The van der Waals surface area contributed by atoms with Crippen LogP contribution in [0.25, 0.3) is 0 Å². The minimum Gasteiger partial charge on any atom is -0.595 e. The summed E-state index contributed by atoms with van der Waals surface area (Å²) >= 11 is 0. The molecular weight excluding hydrogens is 536 g/mol. The molecule has 0 aliphatic rings. The Bertz CT molecular complexity index is 1470. The number of hydrogen-bond acceptors (Lipinski definition) is 10. The van der Waals surface area contributed by atoms with E-state index in [0.29, 0.717) is 0 Å². The molecule has 0 aromatic heterocycles. The number of nitrogens with one attached hydrogen (secondary N) is 2. The highest BCUT2D eigenvalue weighted by molar-refractivity contribution is 5.92. The van der Waals surface area contributed by atoms with E-state index in [9.17, 15) is 40.6 Å². The molecule has 0 heterocycles. The fourth-order valence-electron chi connectivity index (χ4n) is 4.25. The van der Waals surface area contributed by atoms with Crippen LogP contribution < -0.4 is 19.9 Å². The molecule has 2 unspecified atom stereocenters. The maximum atomic E-state index is 12.9. The highest BCUT2D eigenvalue weighted by Crippen LogP contribution is 2.41. The fourth-order valence-corrected chi connectivity index (χ4v) is 4.25. The molecule has 0 aliphatic carbocycles. The topological polar surface area (TPSA) is 189 Å². The number of quaternary nitrogens is 2. The van der Waals surface area contributed by atoms with E-state index in [4.69, 9.17) is 9.47 Å². The van der Waals surface area contributed by atoms with Gasteiger partial charge < -0.3 is 30.1 Å². The van der Waals surface area contributed by atoms with E-state index in [-0.39, 0.29) is 51.3 Å². The summed E-state index contributed by atoms with van der Waals surface area (Å²) in [6, 6.07) is 18.1. The van der Waals surface area contributed by atoms with Gasteiger partial charge in [-0.05, 0) is 38.1 Å². The number of esters is 2. The van der Waals surface area contributed by atoms with Crippen molar-refractivity contribution in [2.45, 2.75) is 20.3 Å². The van der Waals surface area contributed by atoms with Gasteiger partial charge in [0.05, 0.1) is 11.1 Å². The van der Waals surface area contributed by atoms with Crippen molar-refractivity contribution in [3.05, 3.63) is 117 Å². The third-order valence-electron chi connectivity index (χ3n) is 6.37. The molecule has 0 aliphatic heterocycles. The second-order valence-corrected chi connectivity index (χ2v) is 9.07. The van der Waals surface area contributed by atoms with Gasteiger partial charge in [-0.25, -0.2) is 20.0 Å². The van der Waals surface area contributed by atoms with Crippen molar-refractivity contribution in [1.29, 1.82) is 0 Å². The highest BCUT2D eigenvalue weighted by Gasteiger charge is 2.27. The van der Waals surface area contributed by atoms with Gasteiger partial charge in [-0.2, -0.15) is 10.5 Å². The third kappa shape index (κ3) is 6.18. The number of carbonyl (C=O) groups is 2. The molecule has 41 heavy (non-hydrogen) atoms. The summed E-state index contributed by atoms with van der Waals surface area (Å²) < 4.78 is 11.2. The van der Waals surface area contributed by atoms with Gasteiger partial charge in [-0.1, -0.05) is 36.4 Å². The first-order chi connectivity index (χ1) is 19.5. The molecule has 0 spiro atoms. The molecule has 6 N–H and O–H groups in total. The zero-order chi connectivity index (χ0) is 29.8. The smallest absolute Gasteiger partial charge is 0.343 e. The second-order valence-electron chi connectivity index (χ2n) is 9.07. The summed E-state index contributed by atoms with van der Waals surface area (Å²) in [7, 11) is 0. The number of aromatic hydroxyl groups is 2. The van der Waals surface area contributed by atoms with E-state index < -0.39 is 45.3 Å². The van der Waals surface area contributed by atoms with E-state index in [2.05, 4.69) is 0 Å². The number of phenolic OH excluding ortho intramolecular Hbond substituents is 2. The number of ether oxygens (including phenoxy) is 2. The molecule has 0 bridgehead atoms. The molecule has 12 nitrogen and oxygen atoms in total. The Kier molecular flexibility index (Phi) is 8.64. The van der Waals surface area contributed by atoms with Crippen molar-refractivity contribution in [3.63, 3.8) is 0 Å². The first kappa shape index (κ1) is 29.2. The van der Waals surface area contributed by atoms with Crippen LogP contribution in [-0.4, -0.2) is 32.6 Å². The van der Waals surface area contributed by atoms with Crippen molar-refractivity contribution in [2.24, 2.45) is 0 Å². The van der Waals surface area contributed by atoms with Gasteiger partial charge in [0.25, 0.3) is 0 Å². The van der Waals surface area contributed by atoms with Crippen LogP contribution in [0.15, 0.2) is 72.8 Å². The lowest BCUT2D eigenvalue weighted by molar-refractivity contribution is -0.991. The molecule has 0 fully saturated rings. The van der Waals surface area contributed by atoms with Gasteiger partial charge in [0, 0.05) is 40.8 Å². The molecule has 0 saturated heterocycles. The standard InChI is InChI=1S/C29H26N2O10/c1-16-24(32)22(30(36)37)14-20(26(16)40-28(34)18-9-5-3-6-10-18)13-21-15-23(31(38)39)25(33)17(2)27(21)41-29(35)19-11-7-4-8-12-19/h3-12,14-15,30-33,36,38H,13H2,1-2H3. The Labute approximate surface area is 233 Å². The van der Waals surface area contributed by atoms with E-state index in [0.717, 1.165) is 12.1 Å². The Morgan fingerprint density at radius 2 is 1.02 bits per heavy atom. The predicted octanol–water partition coefficient (Wildman–Crippen LogP) is 2.55. The summed E-state index contributed by atoms with van der Waals surface area (Å²) in [5, 5.41) is 61.4. The Morgan fingerprint density at radius 3 is 1.34 bits per heavy atom. The van der Waals surface area contributed by atoms with E-state index >= 15 is 0 Å². The van der Waals surface area contributed by atoms with Crippen molar-refractivity contribution in [3.8, 4) is 23.0 Å². The maximum Gasteiger partial charge on any atom is 0.343 e. The van der Waals surface area contributed by atoms with Gasteiger partial charge in [0.15, 0.2) is 11.5 Å². The quantitative estimate of drug-likeness (QED) is 0.0806. The lowest BCUT2D eigenvalue weighted by Crippen LogP contribution is -2.99. The molecule has 212 valence electrons. The molecule has 12 heteroatoms. The highest BCUT2D eigenvalue weighted by atomic mass is 16.8. The SMILES string of the molecule is Cc1c(O)c([NH+]([O-])O)cc(Cc2cc([NH+]([O-])O)c(O)c(C)c2OC(=O)c2ccccc2)c1OC(=O)c1ccccc1. The molecule has 4 aromatic carbocycles. The van der Waals surface area contributed by atoms with Crippen LogP contribution in [0, 0.1) is 24.3 Å². The molecule has 2 atom stereocenters. The van der Waals surface area contributed by atoms with Crippen LogP contribution in [0.5, 0.6) is 23.0 Å². The van der Waals surface area contributed by atoms with Crippen LogP contribution in [0.4, 0.5) is 11.4 Å². The summed E-state index contributed by atoms with van der Waals surface area (Å²) in [4.78, 5) is 25.8. The van der Waals surface area contributed by atoms with Gasteiger partial charge in [-0.15, -0.1) is 0 Å². The summed E-state index contributed by atoms with van der Waals surface area (Å²) in [5.74, 6) is -3.15. The average Bonchev–Trinajstić information content (AvgIpc) is 2.96. The first-order valence-electron chi connectivity index (χ1n) is 12.2. The van der Waals surface area contributed by atoms with Crippen molar-refractivity contribution in [1.82, 2.24) is 0 Å². The average molecular weight is 563 g/mol. The molecule has 4 aromatic rings. The number of hydrogen-bond donors (Lipinski definition) is 6. The van der Waals surface area contributed by atoms with Crippen molar-refractivity contribution in [2.75, 3.05) is 0 Å². The minimum absolute atomic E-state index is 0.0547. The minimum atomic E-state index is -1.46. The fraction of sp³-hybridized carbons (Fsp3) is 0.103. The number of phenols is 2. The van der Waals surface area contributed by atoms with E-state index in [1.165, 1.54) is 38.1 Å². The van der Waals surface area contributed by atoms with Crippen molar-refractivity contribution >= 4 is 23.3 Å². The van der Waals surface area contributed by atoms with Crippen LogP contribution in [0.1, 0.15) is 43.0 Å². The predicted molar refractivity (Wildman–Crippen MR) is 143 cm³/mol. The molecule has 0 radical (unpaired) electrons.